The minimum absolute atomic E-state index is 0.0189. The van der Waals surface area contributed by atoms with Crippen LogP contribution in [0.2, 0.25) is 0 Å². The first kappa shape index (κ1) is 16.0. The summed E-state index contributed by atoms with van der Waals surface area (Å²) < 4.78 is 0. The van der Waals surface area contributed by atoms with E-state index >= 15 is 0 Å². The average molecular weight is 299 g/mol. The molecule has 0 spiro atoms. The monoisotopic (exact) mass is 299 g/mol. The van der Waals surface area contributed by atoms with Crippen LogP contribution in [0.15, 0.2) is 24.3 Å². The van der Waals surface area contributed by atoms with E-state index in [1.807, 2.05) is 0 Å². The summed E-state index contributed by atoms with van der Waals surface area (Å²) >= 11 is 0. The smallest absolute Gasteiger partial charge is 0.223 e. The lowest BCUT2D eigenvalue weighted by molar-refractivity contribution is -0.121. The van der Waals surface area contributed by atoms with Crippen molar-refractivity contribution in [2.75, 3.05) is 11.4 Å². The summed E-state index contributed by atoms with van der Waals surface area (Å²) in [6, 6.07) is 9.21. The van der Waals surface area contributed by atoms with Gasteiger partial charge in [0.05, 0.1) is 11.6 Å². The molecule has 0 heterocycles. The largest absolute Gasteiger partial charge is 0.353 e. The molecule has 1 aliphatic carbocycles. The van der Waals surface area contributed by atoms with Gasteiger partial charge in [-0.25, -0.2) is 0 Å². The summed E-state index contributed by atoms with van der Waals surface area (Å²) in [7, 11) is 0. The number of carbonyl (C=O) groups is 2. The summed E-state index contributed by atoms with van der Waals surface area (Å²) in [4.78, 5) is 25.3. The van der Waals surface area contributed by atoms with Crippen LogP contribution < -0.4 is 10.2 Å². The highest BCUT2D eigenvalue weighted by atomic mass is 16.2. The van der Waals surface area contributed by atoms with Crippen LogP contribution in [0.1, 0.15) is 44.6 Å². The Labute approximate surface area is 130 Å². The van der Waals surface area contributed by atoms with Crippen molar-refractivity contribution in [3.63, 3.8) is 0 Å². The van der Waals surface area contributed by atoms with Gasteiger partial charge in [-0.3, -0.25) is 9.59 Å². The topological polar surface area (TPSA) is 73.2 Å². The summed E-state index contributed by atoms with van der Waals surface area (Å²) in [5.74, 6) is -0.154. The number of nitriles is 1. The number of amides is 2. The van der Waals surface area contributed by atoms with E-state index in [1.165, 1.54) is 24.7 Å². The van der Waals surface area contributed by atoms with Crippen molar-refractivity contribution in [3.8, 4) is 6.07 Å². The van der Waals surface area contributed by atoms with Gasteiger partial charge in [0.15, 0.2) is 0 Å². The molecule has 5 nitrogen and oxygen atoms in total. The molecule has 5 heteroatoms. The molecule has 116 valence electrons. The summed E-state index contributed by atoms with van der Waals surface area (Å²) in [6.07, 6.45) is 4.71. The van der Waals surface area contributed by atoms with Crippen molar-refractivity contribution in [3.05, 3.63) is 29.8 Å². The number of nitrogens with one attached hydrogen (secondary N) is 1. The van der Waals surface area contributed by atoms with E-state index in [9.17, 15) is 9.59 Å². The number of benzene rings is 1. The maximum absolute atomic E-state index is 12.0. The molecule has 2 rings (SSSR count). The van der Waals surface area contributed by atoms with Crippen LogP contribution in [0.5, 0.6) is 0 Å². The Morgan fingerprint density at radius 2 is 2.09 bits per heavy atom. The van der Waals surface area contributed by atoms with Gasteiger partial charge in [-0.05, 0) is 31.0 Å². The lowest BCUT2D eigenvalue weighted by Gasteiger charge is -2.21. The summed E-state index contributed by atoms with van der Waals surface area (Å²) in [5.41, 5.74) is 1.15. The van der Waals surface area contributed by atoms with Gasteiger partial charge >= 0.3 is 0 Å². The van der Waals surface area contributed by atoms with Gasteiger partial charge in [0.1, 0.15) is 0 Å². The Bertz CT molecular complexity index is 586. The fourth-order valence-corrected chi connectivity index (χ4v) is 2.80. The zero-order chi connectivity index (χ0) is 15.9. The molecule has 22 heavy (non-hydrogen) atoms. The molecule has 1 fully saturated rings. The quantitative estimate of drug-likeness (QED) is 0.907. The lowest BCUT2D eigenvalue weighted by atomic mass is 10.2. The van der Waals surface area contributed by atoms with Gasteiger partial charge < -0.3 is 10.2 Å². The van der Waals surface area contributed by atoms with Crippen molar-refractivity contribution >= 4 is 17.5 Å². The second-order valence-corrected chi connectivity index (χ2v) is 5.63. The molecule has 1 aromatic carbocycles. The normalized spacial score (nSPS) is 14.4. The molecule has 0 bridgehead atoms. The number of rotatable bonds is 5. The number of hydrogen-bond acceptors (Lipinski definition) is 3. The van der Waals surface area contributed by atoms with E-state index in [-0.39, 0.29) is 18.2 Å². The highest BCUT2D eigenvalue weighted by Crippen LogP contribution is 2.19. The molecule has 0 unspecified atom stereocenters. The maximum atomic E-state index is 12.0. The first-order valence-electron chi connectivity index (χ1n) is 7.68. The van der Waals surface area contributed by atoms with Crippen molar-refractivity contribution in [1.82, 2.24) is 5.32 Å². The molecule has 0 radical (unpaired) electrons. The number of nitrogens with zero attached hydrogens (tertiary/aromatic N) is 2. The third-order valence-electron chi connectivity index (χ3n) is 3.95. The van der Waals surface area contributed by atoms with Gasteiger partial charge in [-0.2, -0.15) is 5.26 Å². The van der Waals surface area contributed by atoms with Crippen molar-refractivity contribution < 1.29 is 9.59 Å². The minimum atomic E-state index is -0.135. The predicted molar refractivity (Wildman–Crippen MR) is 84.2 cm³/mol. The highest BCUT2D eigenvalue weighted by Gasteiger charge is 2.18. The zero-order valence-corrected chi connectivity index (χ0v) is 12.8. The standard InChI is InChI=1S/C17H21N3O2/c1-13(21)20(16-8-4-5-14(11-16)12-18)10-9-17(22)19-15-6-2-3-7-15/h4-5,8,11,15H,2-3,6-7,9-10H2,1H3,(H,19,22). The Balaban J connectivity index is 1.95. The molecule has 2 amide bonds. The second-order valence-electron chi connectivity index (χ2n) is 5.63. The van der Waals surface area contributed by atoms with Crippen LogP contribution >= 0.6 is 0 Å². The highest BCUT2D eigenvalue weighted by molar-refractivity contribution is 5.92. The molecule has 0 atom stereocenters. The van der Waals surface area contributed by atoms with Gasteiger partial charge in [0, 0.05) is 31.6 Å². The zero-order valence-electron chi connectivity index (χ0n) is 12.8. The van der Waals surface area contributed by atoms with Crippen LogP contribution in [0.4, 0.5) is 5.69 Å². The Morgan fingerprint density at radius 1 is 1.36 bits per heavy atom. The van der Waals surface area contributed by atoms with Gasteiger partial charge in [0.25, 0.3) is 0 Å². The van der Waals surface area contributed by atoms with E-state index in [4.69, 9.17) is 5.26 Å². The Hall–Kier alpha value is -2.35. The van der Waals surface area contributed by atoms with Gasteiger partial charge in [-0.1, -0.05) is 18.9 Å². The summed E-state index contributed by atoms with van der Waals surface area (Å²) in [6.45, 7) is 1.79. The van der Waals surface area contributed by atoms with Crippen molar-refractivity contribution in [2.45, 2.75) is 45.1 Å². The molecule has 1 saturated carbocycles. The van der Waals surface area contributed by atoms with E-state index in [2.05, 4.69) is 11.4 Å². The van der Waals surface area contributed by atoms with Crippen LogP contribution in [0.25, 0.3) is 0 Å². The molecule has 1 aliphatic rings. The van der Waals surface area contributed by atoms with E-state index in [1.54, 1.807) is 24.3 Å². The first-order chi connectivity index (χ1) is 10.6. The SMILES string of the molecule is CC(=O)N(CCC(=O)NC1CCCC1)c1cccc(C#N)c1. The van der Waals surface area contributed by atoms with Crippen LogP contribution in [-0.2, 0) is 9.59 Å². The van der Waals surface area contributed by atoms with Gasteiger partial charge in [0.2, 0.25) is 11.8 Å². The average Bonchev–Trinajstić information content (AvgIpc) is 3.00. The number of anilines is 1. The van der Waals surface area contributed by atoms with Crippen LogP contribution in [0.3, 0.4) is 0 Å². The third kappa shape index (κ3) is 4.32. The Kier molecular flexibility index (Phi) is 5.54. The second kappa shape index (κ2) is 7.60. The van der Waals surface area contributed by atoms with Crippen molar-refractivity contribution in [1.29, 1.82) is 5.26 Å². The number of hydrogen-bond donors (Lipinski definition) is 1. The molecular formula is C17H21N3O2. The number of carbonyl (C=O) groups excluding carboxylic acids is 2. The van der Waals surface area contributed by atoms with E-state index < -0.39 is 0 Å². The molecule has 0 aliphatic heterocycles. The molecular weight excluding hydrogens is 278 g/mol. The lowest BCUT2D eigenvalue weighted by Crippen LogP contribution is -2.37. The van der Waals surface area contributed by atoms with E-state index in [0.29, 0.717) is 23.8 Å². The molecule has 0 aromatic heterocycles. The van der Waals surface area contributed by atoms with Crippen LogP contribution in [-0.4, -0.2) is 24.4 Å². The minimum Gasteiger partial charge on any atom is -0.353 e. The third-order valence-corrected chi connectivity index (χ3v) is 3.95. The molecule has 0 saturated heterocycles. The summed E-state index contributed by atoms with van der Waals surface area (Å²) in [5, 5.41) is 12.0. The predicted octanol–water partition coefficient (Wildman–Crippen LogP) is 2.36. The van der Waals surface area contributed by atoms with E-state index in [0.717, 1.165) is 12.8 Å². The Morgan fingerprint density at radius 3 is 2.73 bits per heavy atom. The fourth-order valence-electron chi connectivity index (χ4n) is 2.80. The van der Waals surface area contributed by atoms with Gasteiger partial charge in [-0.15, -0.1) is 0 Å². The fraction of sp³-hybridized carbons (Fsp3) is 0.471. The van der Waals surface area contributed by atoms with Crippen LogP contribution in [0, 0.1) is 11.3 Å². The molecule has 1 N–H and O–H groups in total. The van der Waals surface area contributed by atoms with Crippen molar-refractivity contribution in [2.24, 2.45) is 0 Å². The maximum Gasteiger partial charge on any atom is 0.223 e. The first-order valence-corrected chi connectivity index (χ1v) is 7.68. The molecule has 1 aromatic rings.